The summed E-state index contributed by atoms with van der Waals surface area (Å²) < 4.78 is 10.1. The van der Waals surface area contributed by atoms with Crippen molar-refractivity contribution in [1.29, 1.82) is 0 Å². The van der Waals surface area contributed by atoms with Gasteiger partial charge in [0.1, 0.15) is 11.5 Å². The Balaban J connectivity index is 0.000000419. The van der Waals surface area contributed by atoms with E-state index < -0.39 is 0 Å². The summed E-state index contributed by atoms with van der Waals surface area (Å²) >= 11 is 0. The quantitative estimate of drug-likeness (QED) is 0.0932. The van der Waals surface area contributed by atoms with Crippen LogP contribution in [0, 0.1) is 0 Å². The van der Waals surface area contributed by atoms with Crippen LogP contribution < -0.4 is 29.9 Å². The number of para-hydroxylation sites is 4. The molecule has 2 aromatic heterocycles. The van der Waals surface area contributed by atoms with E-state index in [2.05, 4.69) is 20.0 Å². The first-order valence-electron chi connectivity index (χ1n) is 16.6. The smallest absolute Gasteiger partial charge is 0.872 e. The van der Waals surface area contributed by atoms with Gasteiger partial charge in [0.15, 0.2) is 0 Å². The third-order valence-corrected chi connectivity index (χ3v) is 6.89. The van der Waals surface area contributed by atoms with Crippen LogP contribution in [0.4, 0.5) is 11.4 Å². The Hall–Kier alpha value is -6.21. The summed E-state index contributed by atoms with van der Waals surface area (Å²) in [7, 11) is 3.14. The van der Waals surface area contributed by atoms with Gasteiger partial charge in [0.05, 0.1) is 25.6 Å². The van der Waals surface area contributed by atoms with Gasteiger partial charge in [-0.3, -0.25) is 20.0 Å². The second-order valence-electron chi connectivity index (χ2n) is 11.0. The van der Waals surface area contributed by atoms with Crippen LogP contribution in [0.25, 0.3) is 11.5 Å². The molecule has 0 amide bonds. The van der Waals surface area contributed by atoms with Crippen LogP contribution in [-0.4, -0.2) is 35.6 Å². The van der Waals surface area contributed by atoms with Crippen molar-refractivity contribution in [1.82, 2.24) is 9.97 Å². The van der Waals surface area contributed by atoms with Crippen molar-refractivity contribution < 1.29 is 62.9 Å². The first kappa shape index (κ1) is 47.8. The van der Waals surface area contributed by atoms with E-state index in [1.54, 1.807) is 138 Å². The van der Waals surface area contributed by atoms with Crippen LogP contribution in [0.15, 0.2) is 180 Å². The Morgan fingerprint density at radius 2 is 0.804 bits per heavy atom. The number of benzene rings is 4. The van der Waals surface area contributed by atoms with Crippen molar-refractivity contribution in [2.75, 3.05) is 14.2 Å². The van der Waals surface area contributed by atoms with E-state index in [0.717, 1.165) is 0 Å². The molecule has 292 valence electrons. The maximum Gasteiger partial charge on any atom is 2.00 e. The fraction of sp³-hybridized carbons (Fsp3) is 0.0909. The van der Waals surface area contributed by atoms with Crippen LogP contribution in [0.2, 0.25) is 0 Å². The molecule has 0 saturated carbocycles. The minimum atomic E-state index is -0.165. The number of ether oxygens (including phenoxy) is 2. The summed E-state index contributed by atoms with van der Waals surface area (Å²) in [6.07, 6.45) is 9.82. The number of allylic oxidation sites excluding steroid dienone is 2. The van der Waals surface area contributed by atoms with Crippen LogP contribution in [0.3, 0.4) is 0 Å². The number of nitrogens with zero attached hydrogens (tertiary/aromatic N) is 4. The first-order chi connectivity index (χ1) is 26.2. The first-order valence-corrected chi connectivity index (χ1v) is 16.6. The molecular formula is C44H40N4Ni2O6. The Kier molecular flexibility index (Phi) is 23.4. The van der Waals surface area contributed by atoms with E-state index in [1.165, 1.54) is 24.3 Å². The molecule has 0 unspecified atom stereocenters. The zero-order chi connectivity index (χ0) is 39.0. The maximum absolute atomic E-state index is 12.1. The number of methoxy groups -OCH3 is 2. The third kappa shape index (κ3) is 18.2. The van der Waals surface area contributed by atoms with Gasteiger partial charge < -0.3 is 29.9 Å². The maximum atomic E-state index is 12.1. The summed E-state index contributed by atoms with van der Waals surface area (Å²) in [4.78, 5) is 15.9. The molecule has 0 radical (unpaired) electrons. The van der Waals surface area contributed by atoms with E-state index in [4.69, 9.17) is 9.47 Å². The number of aliphatic imine (C=N–C) groups is 2. The van der Waals surface area contributed by atoms with Crippen LogP contribution in [-0.2, 0) is 33.0 Å². The largest absolute Gasteiger partial charge is 2.00 e. The minimum Gasteiger partial charge on any atom is -0.872 e. The Morgan fingerprint density at radius 1 is 0.482 bits per heavy atom. The van der Waals surface area contributed by atoms with E-state index in [0.29, 0.717) is 45.4 Å². The molecule has 0 aliphatic carbocycles. The Bertz CT molecular complexity index is 1890. The van der Waals surface area contributed by atoms with E-state index in [-0.39, 0.29) is 56.0 Å². The van der Waals surface area contributed by atoms with Crippen LogP contribution in [0.5, 0.6) is 23.0 Å². The normalized spacial score (nSPS) is 10.9. The van der Waals surface area contributed by atoms with Crippen molar-refractivity contribution in [3.05, 3.63) is 182 Å². The van der Waals surface area contributed by atoms with Crippen LogP contribution >= 0.6 is 0 Å². The molecule has 56 heavy (non-hydrogen) atoms. The topological polar surface area (TPSA) is 161 Å². The molecule has 2 heterocycles. The predicted octanol–water partition coefficient (Wildman–Crippen LogP) is 6.68. The van der Waals surface area contributed by atoms with E-state index in [9.17, 15) is 20.4 Å². The molecule has 4 aromatic carbocycles. The van der Waals surface area contributed by atoms with Crippen molar-refractivity contribution >= 4 is 34.3 Å². The van der Waals surface area contributed by atoms with E-state index in [1.807, 2.05) is 36.4 Å². The summed E-state index contributed by atoms with van der Waals surface area (Å²) in [5, 5.41) is 47.3. The SMILES string of the molecule is COc1ccc(/C([O-])=C/C(C)=Nc2ccccc2[O-])cc1.COc1ccc(/C([O-])=C/C(C)=Nc2ccccc2[O-])cc1.[Ni+2].[Ni+2].c1ccncc1.c1ccncc1. The molecule has 0 N–H and O–H groups in total. The van der Waals surface area contributed by atoms with Gasteiger partial charge in [-0.2, -0.15) is 0 Å². The van der Waals surface area contributed by atoms with Crippen molar-refractivity contribution in [2.45, 2.75) is 13.8 Å². The summed E-state index contributed by atoms with van der Waals surface area (Å²) in [6, 6.07) is 38.0. The molecule has 0 aliphatic heterocycles. The molecule has 6 aromatic rings. The Labute approximate surface area is 348 Å². The molecule has 12 heteroatoms. The number of hydrogen-bond acceptors (Lipinski definition) is 10. The zero-order valence-corrected chi connectivity index (χ0v) is 33.0. The number of aromatic nitrogens is 2. The van der Waals surface area contributed by atoms with Crippen LogP contribution in [0.1, 0.15) is 25.0 Å². The predicted molar refractivity (Wildman–Crippen MR) is 208 cm³/mol. The third-order valence-electron chi connectivity index (χ3n) is 6.89. The average Bonchev–Trinajstić information content (AvgIpc) is 3.21. The van der Waals surface area contributed by atoms with Gasteiger partial charge >= 0.3 is 33.0 Å². The van der Waals surface area contributed by atoms with Gasteiger partial charge in [0.2, 0.25) is 0 Å². The molecule has 0 saturated heterocycles. The van der Waals surface area contributed by atoms with Gasteiger partial charge in [-0.25, -0.2) is 0 Å². The summed E-state index contributed by atoms with van der Waals surface area (Å²) in [5.41, 5.74) is 2.71. The molecule has 6 rings (SSSR count). The Morgan fingerprint density at radius 3 is 1.05 bits per heavy atom. The zero-order valence-electron chi connectivity index (χ0n) is 31.0. The second kappa shape index (κ2) is 27.4. The second-order valence-corrected chi connectivity index (χ2v) is 11.0. The van der Waals surface area contributed by atoms with E-state index >= 15 is 0 Å². The summed E-state index contributed by atoms with van der Waals surface area (Å²) in [6.45, 7) is 3.38. The van der Waals surface area contributed by atoms with Gasteiger partial charge in [-0.15, -0.1) is 0 Å². The minimum absolute atomic E-state index is 0. The van der Waals surface area contributed by atoms with Crippen molar-refractivity contribution in [3.63, 3.8) is 0 Å². The molecular weight excluding hydrogens is 798 g/mol. The molecule has 0 aliphatic rings. The molecule has 0 spiro atoms. The fourth-order valence-electron chi connectivity index (χ4n) is 4.23. The van der Waals surface area contributed by atoms with Gasteiger partial charge in [0.25, 0.3) is 0 Å². The number of pyridine rings is 2. The average molecular weight is 838 g/mol. The molecule has 0 bridgehead atoms. The van der Waals surface area contributed by atoms with Gasteiger partial charge in [-0.1, -0.05) is 95.8 Å². The molecule has 10 nitrogen and oxygen atoms in total. The van der Waals surface area contributed by atoms with Crippen molar-refractivity contribution in [3.8, 4) is 23.0 Å². The fourth-order valence-corrected chi connectivity index (χ4v) is 4.23. The number of hydrogen-bond donors (Lipinski definition) is 0. The monoisotopic (exact) mass is 836 g/mol. The van der Waals surface area contributed by atoms with Gasteiger partial charge in [-0.05, 0) is 97.8 Å². The molecule has 0 atom stereocenters. The molecule has 0 fully saturated rings. The standard InChI is InChI=1S/2C17H17NO3.2C5H5N.2Ni/c2*1-12(18-15-5-3-4-6-16(15)19)11-17(20)13-7-9-14(21-2)10-8-13;2*1-2-4-6-5-3-1;;/h2*3-11,19-20H,1-2H3;2*1-5H;;/q;;;;2*+2/p-4/b2*17-11-,18-12?;;;;. The van der Waals surface area contributed by atoms with Crippen molar-refractivity contribution in [2.24, 2.45) is 9.98 Å². The number of rotatable bonds is 8. The van der Waals surface area contributed by atoms with Gasteiger partial charge in [0, 0.05) is 36.2 Å². The summed E-state index contributed by atoms with van der Waals surface area (Å²) in [5.74, 6) is 0.725.